The molecule has 0 spiro atoms. The normalized spacial score (nSPS) is 11.7. The lowest BCUT2D eigenvalue weighted by Crippen LogP contribution is -2.47. The number of urea groups is 1. The maximum atomic E-state index is 11.9. The van der Waals surface area contributed by atoms with E-state index in [4.69, 9.17) is 5.73 Å². The summed E-state index contributed by atoms with van der Waals surface area (Å²) in [5, 5.41) is 2.36. The molecule has 0 fully saturated rings. The molecule has 0 aliphatic rings. The van der Waals surface area contributed by atoms with Gasteiger partial charge in [0, 0.05) is 18.1 Å². The molecule has 0 radical (unpaired) electrons. The summed E-state index contributed by atoms with van der Waals surface area (Å²) in [5.41, 5.74) is 5.99. The van der Waals surface area contributed by atoms with Gasteiger partial charge in [-0.25, -0.2) is 4.79 Å². The summed E-state index contributed by atoms with van der Waals surface area (Å²) in [6.45, 7) is 2.09. The fraction of sp³-hybridized carbons (Fsp3) is 0.333. The summed E-state index contributed by atoms with van der Waals surface area (Å²) in [6, 6.07) is 6.37. The number of rotatable bonds is 4. The molecule has 98 valence electrons. The van der Waals surface area contributed by atoms with E-state index in [2.05, 4.69) is 21.2 Å². The highest BCUT2D eigenvalue weighted by Crippen LogP contribution is 2.12. The first-order chi connectivity index (χ1) is 8.40. The van der Waals surface area contributed by atoms with E-state index in [9.17, 15) is 9.59 Å². The van der Waals surface area contributed by atoms with Gasteiger partial charge >= 0.3 is 6.03 Å². The summed E-state index contributed by atoms with van der Waals surface area (Å²) in [5.74, 6) is -0.184. The molecule has 0 saturated carbocycles. The summed E-state index contributed by atoms with van der Waals surface area (Å²) in [7, 11) is 1.68. The predicted octanol–water partition coefficient (Wildman–Crippen LogP) is 1.46. The zero-order valence-corrected chi connectivity index (χ0v) is 11.9. The molecule has 1 atom stereocenters. The van der Waals surface area contributed by atoms with Gasteiger partial charge in [0.1, 0.15) is 6.04 Å². The van der Waals surface area contributed by atoms with Crippen molar-refractivity contribution in [3.8, 4) is 0 Å². The molecular weight excluding hydrogens is 298 g/mol. The minimum absolute atomic E-state index is 0.184. The van der Waals surface area contributed by atoms with Crippen LogP contribution in [-0.4, -0.2) is 29.9 Å². The summed E-state index contributed by atoms with van der Waals surface area (Å²) in [4.78, 5) is 24.1. The Hall–Kier alpha value is -1.56. The topological polar surface area (TPSA) is 75.4 Å². The van der Waals surface area contributed by atoms with Crippen molar-refractivity contribution in [2.24, 2.45) is 5.73 Å². The van der Waals surface area contributed by atoms with E-state index in [-0.39, 0.29) is 5.91 Å². The van der Waals surface area contributed by atoms with Crippen molar-refractivity contribution in [3.05, 3.63) is 34.3 Å². The number of halogens is 1. The second-order valence-corrected chi connectivity index (χ2v) is 4.97. The highest BCUT2D eigenvalue weighted by atomic mass is 79.9. The molecule has 3 amide bonds. The summed E-state index contributed by atoms with van der Waals surface area (Å²) >= 11 is 3.35. The Morgan fingerprint density at radius 1 is 1.39 bits per heavy atom. The molecule has 5 nitrogen and oxygen atoms in total. The number of benzene rings is 1. The van der Waals surface area contributed by atoms with Gasteiger partial charge in [-0.2, -0.15) is 0 Å². The maximum absolute atomic E-state index is 11.9. The Balaban J connectivity index is 2.59. The second-order valence-electron chi connectivity index (χ2n) is 4.05. The Morgan fingerprint density at radius 2 is 1.94 bits per heavy atom. The first kappa shape index (κ1) is 14.5. The first-order valence-electron chi connectivity index (χ1n) is 5.45. The van der Waals surface area contributed by atoms with Gasteiger partial charge in [0.25, 0.3) is 0 Å². The van der Waals surface area contributed by atoms with Crippen molar-refractivity contribution >= 4 is 27.9 Å². The van der Waals surface area contributed by atoms with Crippen LogP contribution in [0, 0.1) is 0 Å². The number of amides is 3. The Kier molecular flexibility index (Phi) is 5.15. The molecule has 1 aromatic carbocycles. The monoisotopic (exact) mass is 313 g/mol. The number of nitrogens with zero attached hydrogens (tertiary/aromatic N) is 1. The molecule has 0 heterocycles. The number of nitrogens with one attached hydrogen (secondary N) is 1. The lowest BCUT2D eigenvalue weighted by molar-refractivity contribution is -0.132. The number of hydrogen-bond donors (Lipinski definition) is 2. The van der Waals surface area contributed by atoms with Gasteiger partial charge in [0.15, 0.2) is 0 Å². The van der Waals surface area contributed by atoms with Crippen LogP contribution in [0.5, 0.6) is 0 Å². The molecule has 18 heavy (non-hydrogen) atoms. The molecule has 1 rings (SSSR count). The molecule has 0 saturated heterocycles. The van der Waals surface area contributed by atoms with Crippen molar-refractivity contribution in [2.45, 2.75) is 19.5 Å². The van der Waals surface area contributed by atoms with Gasteiger partial charge in [-0.15, -0.1) is 0 Å². The van der Waals surface area contributed by atoms with Crippen LogP contribution in [0.25, 0.3) is 0 Å². The lowest BCUT2D eigenvalue weighted by Gasteiger charge is -2.21. The molecule has 0 aromatic heterocycles. The van der Waals surface area contributed by atoms with E-state index >= 15 is 0 Å². The van der Waals surface area contributed by atoms with Gasteiger partial charge in [-0.3, -0.25) is 4.79 Å². The average molecular weight is 314 g/mol. The number of nitrogens with two attached hydrogens (primary N) is 1. The molecule has 6 heteroatoms. The molecular formula is C12H16BrN3O2. The van der Waals surface area contributed by atoms with Crippen LogP contribution in [0.2, 0.25) is 0 Å². The first-order valence-corrected chi connectivity index (χ1v) is 6.25. The Bertz CT molecular complexity index is 433. The van der Waals surface area contributed by atoms with Gasteiger partial charge in [0.2, 0.25) is 5.91 Å². The van der Waals surface area contributed by atoms with Crippen molar-refractivity contribution in [1.29, 1.82) is 0 Å². The largest absolute Gasteiger partial charge is 0.352 e. The van der Waals surface area contributed by atoms with E-state index in [0.29, 0.717) is 6.54 Å². The van der Waals surface area contributed by atoms with Crippen LogP contribution in [0.15, 0.2) is 28.7 Å². The Labute approximate surface area is 114 Å². The standard InChI is InChI=1S/C12H16BrN3O2/c1-8(15-12(14)18)11(17)16(2)7-9-3-5-10(13)6-4-9/h3-6,8H,7H2,1-2H3,(H3,14,15,18). The fourth-order valence-corrected chi connectivity index (χ4v) is 1.81. The number of likely N-dealkylation sites (N-methyl/N-ethyl adjacent to an activating group) is 1. The van der Waals surface area contributed by atoms with Crippen LogP contribution in [0.1, 0.15) is 12.5 Å². The molecule has 1 unspecified atom stereocenters. The van der Waals surface area contributed by atoms with Crippen LogP contribution in [-0.2, 0) is 11.3 Å². The lowest BCUT2D eigenvalue weighted by atomic mass is 10.2. The third kappa shape index (κ3) is 4.37. The van der Waals surface area contributed by atoms with Crippen LogP contribution >= 0.6 is 15.9 Å². The van der Waals surface area contributed by atoms with E-state index in [1.54, 1.807) is 18.9 Å². The number of hydrogen-bond acceptors (Lipinski definition) is 2. The smallest absolute Gasteiger partial charge is 0.312 e. The van der Waals surface area contributed by atoms with Crippen molar-refractivity contribution in [1.82, 2.24) is 10.2 Å². The van der Waals surface area contributed by atoms with Gasteiger partial charge in [0.05, 0.1) is 0 Å². The van der Waals surface area contributed by atoms with Crippen molar-refractivity contribution in [3.63, 3.8) is 0 Å². The number of primary amides is 1. The molecule has 1 aromatic rings. The highest BCUT2D eigenvalue weighted by Gasteiger charge is 2.18. The Morgan fingerprint density at radius 3 is 2.44 bits per heavy atom. The third-order valence-electron chi connectivity index (χ3n) is 2.44. The van der Waals surface area contributed by atoms with Crippen LogP contribution in [0.3, 0.4) is 0 Å². The summed E-state index contributed by atoms with van der Waals surface area (Å²) < 4.78 is 0.990. The van der Waals surface area contributed by atoms with Gasteiger partial charge in [-0.1, -0.05) is 28.1 Å². The van der Waals surface area contributed by atoms with Crippen molar-refractivity contribution < 1.29 is 9.59 Å². The zero-order valence-electron chi connectivity index (χ0n) is 10.3. The van der Waals surface area contributed by atoms with Gasteiger partial charge in [-0.05, 0) is 24.6 Å². The average Bonchev–Trinajstić information content (AvgIpc) is 2.30. The van der Waals surface area contributed by atoms with Crippen LogP contribution in [0.4, 0.5) is 4.79 Å². The van der Waals surface area contributed by atoms with E-state index in [0.717, 1.165) is 10.0 Å². The zero-order chi connectivity index (χ0) is 13.7. The minimum Gasteiger partial charge on any atom is -0.352 e. The van der Waals surface area contributed by atoms with E-state index in [1.807, 2.05) is 24.3 Å². The molecule has 0 bridgehead atoms. The fourth-order valence-electron chi connectivity index (χ4n) is 1.55. The minimum atomic E-state index is -0.701. The third-order valence-corrected chi connectivity index (χ3v) is 2.97. The predicted molar refractivity (Wildman–Crippen MR) is 72.8 cm³/mol. The maximum Gasteiger partial charge on any atom is 0.312 e. The summed E-state index contributed by atoms with van der Waals surface area (Å²) in [6.07, 6.45) is 0. The van der Waals surface area contributed by atoms with E-state index < -0.39 is 12.1 Å². The van der Waals surface area contributed by atoms with Gasteiger partial charge < -0.3 is 16.0 Å². The van der Waals surface area contributed by atoms with Crippen molar-refractivity contribution in [2.75, 3.05) is 7.05 Å². The second kappa shape index (κ2) is 6.39. The highest BCUT2D eigenvalue weighted by molar-refractivity contribution is 9.10. The van der Waals surface area contributed by atoms with Crippen LogP contribution < -0.4 is 11.1 Å². The SMILES string of the molecule is CC(NC(N)=O)C(=O)N(C)Cc1ccc(Br)cc1. The molecule has 3 N–H and O–H groups in total. The number of carbonyl (C=O) groups is 2. The van der Waals surface area contributed by atoms with E-state index in [1.165, 1.54) is 0 Å². The quantitative estimate of drug-likeness (QED) is 0.883. The molecule has 0 aliphatic carbocycles. The number of carbonyl (C=O) groups excluding carboxylic acids is 2. The molecule has 0 aliphatic heterocycles.